The Kier molecular flexibility index (Phi) is 12.0. The highest BCUT2D eigenvalue weighted by Gasteiger charge is 2.04. The van der Waals surface area contributed by atoms with Crippen molar-refractivity contribution in [1.29, 1.82) is 0 Å². The Hall–Kier alpha value is -2.16. The van der Waals surface area contributed by atoms with Gasteiger partial charge < -0.3 is 24.8 Å². The van der Waals surface area contributed by atoms with Gasteiger partial charge in [0.15, 0.2) is 5.96 Å². The largest absolute Gasteiger partial charge is 0.491 e. The summed E-state index contributed by atoms with van der Waals surface area (Å²) in [5, 5.41) is 10.1. The predicted octanol–water partition coefficient (Wildman–Crippen LogP) is 4.15. The molecule has 0 saturated carbocycles. The van der Waals surface area contributed by atoms with Crippen LogP contribution in [0.4, 0.5) is 5.69 Å². The average Bonchev–Trinajstić information content (AvgIpc) is 3.22. The molecule has 2 rings (SSSR count). The van der Waals surface area contributed by atoms with E-state index in [0.717, 1.165) is 48.9 Å². The van der Waals surface area contributed by atoms with Gasteiger partial charge in [0.1, 0.15) is 5.75 Å². The lowest BCUT2D eigenvalue weighted by atomic mass is 10.3. The Morgan fingerprint density at radius 2 is 1.97 bits per heavy atom. The first kappa shape index (κ1) is 25.1. The Morgan fingerprint density at radius 1 is 1.16 bits per heavy atom. The molecule has 1 aromatic heterocycles. The monoisotopic (exact) mass is 448 g/mol. The summed E-state index contributed by atoms with van der Waals surface area (Å²) >= 11 is 1.72. The third-order valence-corrected chi connectivity index (χ3v) is 5.25. The lowest BCUT2D eigenvalue weighted by molar-refractivity contribution is 0.0702. The van der Waals surface area contributed by atoms with E-state index in [2.05, 4.69) is 27.9 Å². The summed E-state index contributed by atoms with van der Waals surface area (Å²) in [6.45, 7) is 9.50. The first-order valence-corrected chi connectivity index (χ1v) is 11.8. The van der Waals surface area contributed by atoms with Crippen molar-refractivity contribution >= 4 is 23.0 Å². The number of aromatic nitrogens is 1. The summed E-state index contributed by atoms with van der Waals surface area (Å²) in [6, 6.07) is 7.92. The van der Waals surface area contributed by atoms with Gasteiger partial charge in [-0.05, 0) is 51.0 Å². The molecular formula is C23H36N4O3S. The summed E-state index contributed by atoms with van der Waals surface area (Å²) in [4.78, 5) is 9.33. The molecule has 0 aliphatic heterocycles. The number of aliphatic imine (C=N–C) groups is 1. The van der Waals surface area contributed by atoms with E-state index >= 15 is 0 Å². The molecule has 2 N–H and O–H groups in total. The molecule has 31 heavy (non-hydrogen) atoms. The van der Waals surface area contributed by atoms with Crippen LogP contribution in [0.15, 0.2) is 34.6 Å². The van der Waals surface area contributed by atoms with Gasteiger partial charge in [-0.2, -0.15) is 0 Å². The van der Waals surface area contributed by atoms with Crippen molar-refractivity contribution < 1.29 is 14.2 Å². The van der Waals surface area contributed by atoms with Crippen LogP contribution in [0.25, 0.3) is 0 Å². The number of guanidine groups is 1. The summed E-state index contributed by atoms with van der Waals surface area (Å²) in [7, 11) is 1.67. The van der Waals surface area contributed by atoms with E-state index in [-0.39, 0.29) is 6.10 Å². The second-order valence-electron chi connectivity index (χ2n) is 7.27. The van der Waals surface area contributed by atoms with Gasteiger partial charge in [0.05, 0.1) is 30.0 Å². The van der Waals surface area contributed by atoms with Gasteiger partial charge in [-0.1, -0.05) is 6.92 Å². The van der Waals surface area contributed by atoms with Crippen molar-refractivity contribution in [2.75, 3.05) is 45.3 Å². The normalized spacial score (nSPS) is 11.7. The van der Waals surface area contributed by atoms with Gasteiger partial charge in [-0.15, -0.1) is 11.3 Å². The van der Waals surface area contributed by atoms with Crippen molar-refractivity contribution in [3.63, 3.8) is 0 Å². The smallest absolute Gasteiger partial charge is 0.195 e. The highest BCUT2D eigenvalue weighted by atomic mass is 32.1. The maximum atomic E-state index is 5.72. The van der Waals surface area contributed by atoms with Crippen LogP contribution in [0.1, 0.15) is 37.9 Å². The molecule has 1 aromatic carbocycles. The molecule has 172 valence electrons. The Balaban J connectivity index is 1.88. The minimum absolute atomic E-state index is 0.155. The maximum absolute atomic E-state index is 5.72. The third-order valence-electron chi connectivity index (χ3n) is 4.21. The van der Waals surface area contributed by atoms with Gasteiger partial charge >= 0.3 is 0 Å². The summed E-state index contributed by atoms with van der Waals surface area (Å²) in [6.07, 6.45) is 2.85. The number of rotatable bonds is 14. The third kappa shape index (κ3) is 10.6. The summed E-state index contributed by atoms with van der Waals surface area (Å²) in [5.41, 5.74) is 2.08. The SMILES string of the molecule is CCc1nc(CCNC(=NCCCOCCOC)Nc2ccc(OC(C)C)cc2)cs1. The maximum Gasteiger partial charge on any atom is 0.195 e. The first-order chi connectivity index (χ1) is 15.1. The average molecular weight is 449 g/mol. The Labute approximate surface area is 190 Å². The zero-order chi connectivity index (χ0) is 22.3. The van der Waals surface area contributed by atoms with Crippen molar-refractivity contribution in [3.8, 4) is 5.75 Å². The second kappa shape index (κ2) is 14.8. The molecule has 2 aromatic rings. The van der Waals surface area contributed by atoms with Gasteiger partial charge in [-0.3, -0.25) is 4.99 Å². The molecule has 0 radical (unpaired) electrons. The molecule has 0 saturated heterocycles. The van der Waals surface area contributed by atoms with Gasteiger partial charge in [0, 0.05) is 44.3 Å². The Bertz CT molecular complexity index is 762. The van der Waals surface area contributed by atoms with Crippen molar-refractivity contribution in [2.24, 2.45) is 4.99 Å². The molecule has 8 heteroatoms. The van der Waals surface area contributed by atoms with Crippen LogP contribution in [-0.2, 0) is 22.3 Å². The molecule has 0 unspecified atom stereocenters. The van der Waals surface area contributed by atoms with E-state index < -0.39 is 0 Å². The predicted molar refractivity (Wildman–Crippen MR) is 129 cm³/mol. The van der Waals surface area contributed by atoms with Gasteiger partial charge in [-0.25, -0.2) is 4.98 Å². The molecule has 7 nitrogen and oxygen atoms in total. The number of methoxy groups -OCH3 is 1. The number of hydrogen-bond acceptors (Lipinski definition) is 6. The molecular weight excluding hydrogens is 412 g/mol. The fraction of sp³-hybridized carbons (Fsp3) is 0.565. The Morgan fingerprint density at radius 3 is 2.65 bits per heavy atom. The fourth-order valence-corrected chi connectivity index (χ4v) is 3.48. The fourth-order valence-electron chi connectivity index (χ4n) is 2.70. The number of nitrogens with zero attached hydrogens (tertiary/aromatic N) is 2. The minimum atomic E-state index is 0.155. The summed E-state index contributed by atoms with van der Waals surface area (Å²) < 4.78 is 16.2. The highest BCUT2D eigenvalue weighted by Crippen LogP contribution is 2.17. The highest BCUT2D eigenvalue weighted by molar-refractivity contribution is 7.09. The van der Waals surface area contributed by atoms with E-state index in [1.54, 1.807) is 18.4 Å². The standard InChI is InChI=1S/C23H36N4O3S/c1-5-22-26-20(17-31-22)11-13-25-23(24-12-6-14-29-16-15-28-4)27-19-7-9-21(10-8-19)30-18(2)3/h7-10,17-18H,5-6,11-16H2,1-4H3,(H2,24,25,27). The topological polar surface area (TPSA) is 77.0 Å². The number of nitrogens with one attached hydrogen (secondary N) is 2. The van der Waals surface area contributed by atoms with Gasteiger partial charge in [0.25, 0.3) is 0 Å². The summed E-state index contributed by atoms with van der Waals surface area (Å²) in [5.74, 6) is 1.61. The van der Waals surface area contributed by atoms with Crippen molar-refractivity contribution in [2.45, 2.75) is 46.1 Å². The molecule has 0 amide bonds. The van der Waals surface area contributed by atoms with Crippen LogP contribution in [0.2, 0.25) is 0 Å². The van der Waals surface area contributed by atoms with Crippen molar-refractivity contribution in [3.05, 3.63) is 40.3 Å². The molecule has 0 aliphatic carbocycles. The molecule has 0 bridgehead atoms. The number of anilines is 1. The van der Waals surface area contributed by atoms with Crippen LogP contribution < -0.4 is 15.4 Å². The lowest BCUT2D eigenvalue weighted by Crippen LogP contribution is -2.32. The van der Waals surface area contributed by atoms with Gasteiger partial charge in [0.2, 0.25) is 0 Å². The number of hydrogen-bond donors (Lipinski definition) is 2. The number of benzene rings is 1. The number of thiazole rings is 1. The van der Waals surface area contributed by atoms with Crippen LogP contribution in [0, 0.1) is 0 Å². The number of aryl methyl sites for hydroxylation is 1. The molecule has 0 fully saturated rings. The number of ether oxygens (including phenoxy) is 3. The molecule has 0 spiro atoms. The van der Waals surface area contributed by atoms with Crippen LogP contribution in [0.3, 0.4) is 0 Å². The van der Waals surface area contributed by atoms with E-state index in [1.807, 2.05) is 38.1 Å². The quantitative estimate of drug-likeness (QED) is 0.257. The van der Waals surface area contributed by atoms with Crippen LogP contribution in [0.5, 0.6) is 5.75 Å². The minimum Gasteiger partial charge on any atom is -0.491 e. The second-order valence-corrected chi connectivity index (χ2v) is 8.21. The van der Waals surface area contributed by atoms with E-state index in [1.165, 1.54) is 5.01 Å². The zero-order valence-electron chi connectivity index (χ0n) is 19.1. The van der Waals surface area contributed by atoms with Crippen molar-refractivity contribution in [1.82, 2.24) is 10.3 Å². The molecule has 1 heterocycles. The van der Waals surface area contributed by atoms with Crippen LogP contribution in [-0.4, -0.2) is 57.1 Å². The van der Waals surface area contributed by atoms with E-state index in [4.69, 9.17) is 19.2 Å². The molecule has 0 aliphatic rings. The van der Waals surface area contributed by atoms with E-state index in [0.29, 0.717) is 26.4 Å². The molecule has 0 atom stereocenters. The van der Waals surface area contributed by atoms with Crippen LogP contribution >= 0.6 is 11.3 Å². The lowest BCUT2D eigenvalue weighted by Gasteiger charge is -2.14. The zero-order valence-corrected chi connectivity index (χ0v) is 20.0. The first-order valence-electron chi connectivity index (χ1n) is 10.9. The van der Waals surface area contributed by atoms with E-state index in [9.17, 15) is 0 Å².